The summed E-state index contributed by atoms with van der Waals surface area (Å²) < 4.78 is 11.4. The smallest absolute Gasteiger partial charge is 0.142 e. The van der Waals surface area contributed by atoms with E-state index in [1.54, 1.807) is 13.3 Å². The molecule has 4 nitrogen and oxygen atoms in total. The van der Waals surface area contributed by atoms with Crippen molar-refractivity contribution >= 4 is 0 Å². The SMILES string of the molecule is CCNC(c1ncccc1OC)C(C)(CC)OCC. The quantitative estimate of drug-likeness (QED) is 0.785. The van der Waals surface area contributed by atoms with Crippen molar-refractivity contribution in [3.05, 3.63) is 24.0 Å². The van der Waals surface area contributed by atoms with Gasteiger partial charge >= 0.3 is 0 Å². The monoisotopic (exact) mass is 266 g/mol. The van der Waals surface area contributed by atoms with Gasteiger partial charge in [0.15, 0.2) is 0 Å². The molecule has 1 N–H and O–H groups in total. The molecule has 0 aliphatic heterocycles. The van der Waals surface area contributed by atoms with Crippen LogP contribution in [0.5, 0.6) is 5.75 Å². The highest BCUT2D eigenvalue weighted by molar-refractivity contribution is 5.31. The zero-order valence-corrected chi connectivity index (χ0v) is 12.7. The Morgan fingerprint density at radius 2 is 2.11 bits per heavy atom. The van der Waals surface area contributed by atoms with Crippen molar-refractivity contribution in [3.8, 4) is 5.75 Å². The van der Waals surface area contributed by atoms with Crippen LogP contribution in [0.25, 0.3) is 0 Å². The summed E-state index contributed by atoms with van der Waals surface area (Å²) in [5.74, 6) is 0.799. The number of hydrogen-bond donors (Lipinski definition) is 1. The third-order valence-electron chi connectivity index (χ3n) is 3.49. The average Bonchev–Trinajstić information content (AvgIpc) is 2.45. The van der Waals surface area contributed by atoms with Gasteiger partial charge in [0, 0.05) is 12.8 Å². The molecule has 19 heavy (non-hydrogen) atoms. The molecule has 1 heterocycles. The van der Waals surface area contributed by atoms with Crippen molar-refractivity contribution in [2.45, 2.75) is 45.8 Å². The van der Waals surface area contributed by atoms with Gasteiger partial charge in [-0.15, -0.1) is 0 Å². The van der Waals surface area contributed by atoms with E-state index in [2.05, 4.69) is 31.1 Å². The third-order valence-corrected chi connectivity index (χ3v) is 3.49. The Bertz CT molecular complexity index is 384. The van der Waals surface area contributed by atoms with Gasteiger partial charge in [-0.3, -0.25) is 4.98 Å². The largest absolute Gasteiger partial charge is 0.495 e. The Hall–Kier alpha value is -1.13. The minimum atomic E-state index is -0.299. The second kappa shape index (κ2) is 7.46. The van der Waals surface area contributed by atoms with Crippen molar-refractivity contribution in [2.24, 2.45) is 0 Å². The number of rotatable bonds is 8. The van der Waals surface area contributed by atoms with Crippen LogP contribution in [0, 0.1) is 0 Å². The van der Waals surface area contributed by atoms with Gasteiger partial charge in [-0.05, 0) is 38.9 Å². The van der Waals surface area contributed by atoms with E-state index in [1.807, 2.05) is 19.1 Å². The lowest BCUT2D eigenvalue weighted by atomic mass is 9.89. The van der Waals surface area contributed by atoms with Crippen LogP contribution >= 0.6 is 0 Å². The summed E-state index contributed by atoms with van der Waals surface area (Å²) in [4.78, 5) is 4.50. The number of likely N-dealkylation sites (N-methyl/N-ethyl adjacent to an activating group) is 1. The van der Waals surface area contributed by atoms with Crippen LogP contribution in [0.4, 0.5) is 0 Å². The normalized spacial score (nSPS) is 15.8. The lowest BCUT2D eigenvalue weighted by Gasteiger charge is -2.37. The molecule has 0 radical (unpaired) electrons. The van der Waals surface area contributed by atoms with Crippen molar-refractivity contribution in [2.75, 3.05) is 20.3 Å². The molecule has 1 aromatic heterocycles. The van der Waals surface area contributed by atoms with Gasteiger partial charge in [-0.25, -0.2) is 0 Å². The van der Waals surface area contributed by atoms with E-state index in [4.69, 9.17) is 9.47 Å². The van der Waals surface area contributed by atoms with Crippen LogP contribution in [0.1, 0.15) is 45.9 Å². The number of ether oxygens (including phenoxy) is 2. The number of aromatic nitrogens is 1. The molecule has 0 spiro atoms. The van der Waals surface area contributed by atoms with Gasteiger partial charge in [0.1, 0.15) is 11.4 Å². The van der Waals surface area contributed by atoms with Gasteiger partial charge in [0.25, 0.3) is 0 Å². The van der Waals surface area contributed by atoms with E-state index in [0.717, 1.165) is 24.4 Å². The number of pyridine rings is 1. The topological polar surface area (TPSA) is 43.4 Å². The number of nitrogens with one attached hydrogen (secondary N) is 1. The first kappa shape index (κ1) is 15.9. The second-order valence-corrected chi connectivity index (χ2v) is 4.68. The summed E-state index contributed by atoms with van der Waals surface area (Å²) >= 11 is 0. The van der Waals surface area contributed by atoms with Gasteiger partial charge in [-0.1, -0.05) is 13.8 Å². The molecule has 0 bridgehead atoms. The van der Waals surface area contributed by atoms with E-state index in [-0.39, 0.29) is 11.6 Å². The molecule has 0 amide bonds. The number of nitrogens with zero attached hydrogens (tertiary/aromatic N) is 1. The molecular weight excluding hydrogens is 240 g/mol. The van der Waals surface area contributed by atoms with Crippen LogP contribution in [-0.4, -0.2) is 30.8 Å². The minimum Gasteiger partial charge on any atom is -0.495 e. The maximum absolute atomic E-state index is 5.99. The molecule has 0 fully saturated rings. The van der Waals surface area contributed by atoms with Gasteiger partial charge in [-0.2, -0.15) is 0 Å². The van der Waals surface area contributed by atoms with E-state index in [9.17, 15) is 0 Å². The molecule has 2 unspecified atom stereocenters. The van der Waals surface area contributed by atoms with Crippen LogP contribution in [0.3, 0.4) is 0 Å². The molecule has 0 aliphatic carbocycles. The molecule has 0 saturated carbocycles. The first-order valence-electron chi connectivity index (χ1n) is 6.99. The Kier molecular flexibility index (Phi) is 6.25. The molecular formula is C15H26N2O2. The summed E-state index contributed by atoms with van der Waals surface area (Å²) in [5, 5.41) is 3.48. The molecule has 2 atom stereocenters. The van der Waals surface area contributed by atoms with Crippen molar-refractivity contribution in [3.63, 3.8) is 0 Å². The van der Waals surface area contributed by atoms with Crippen LogP contribution in [0.2, 0.25) is 0 Å². The maximum atomic E-state index is 5.99. The summed E-state index contributed by atoms with van der Waals surface area (Å²) in [7, 11) is 1.67. The lowest BCUT2D eigenvalue weighted by Crippen LogP contribution is -2.44. The van der Waals surface area contributed by atoms with Crippen molar-refractivity contribution in [1.82, 2.24) is 10.3 Å². The Morgan fingerprint density at radius 3 is 2.63 bits per heavy atom. The fourth-order valence-corrected chi connectivity index (χ4v) is 2.32. The van der Waals surface area contributed by atoms with E-state index in [0.29, 0.717) is 6.61 Å². The van der Waals surface area contributed by atoms with Crippen LogP contribution < -0.4 is 10.1 Å². The number of hydrogen-bond acceptors (Lipinski definition) is 4. The highest BCUT2D eigenvalue weighted by atomic mass is 16.5. The molecule has 108 valence electrons. The first-order valence-corrected chi connectivity index (χ1v) is 6.99. The Balaban J connectivity index is 3.18. The van der Waals surface area contributed by atoms with Gasteiger partial charge < -0.3 is 14.8 Å². The zero-order chi connectivity index (χ0) is 14.3. The Morgan fingerprint density at radius 1 is 1.37 bits per heavy atom. The molecule has 4 heteroatoms. The average molecular weight is 266 g/mol. The van der Waals surface area contributed by atoms with Gasteiger partial charge in [0.05, 0.1) is 18.8 Å². The van der Waals surface area contributed by atoms with Crippen molar-refractivity contribution in [1.29, 1.82) is 0 Å². The fourth-order valence-electron chi connectivity index (χ4n) is 2.32. The highest BCUT2D eigenvalue weighted by Gasteiger charge is 2.36. The summed E-state index contributed by atoms with van der Waals surface area (Å²) in [6, 6.07) is 3.84. The molecule has 0 aromatic carbocycles. The fraction of sp³-hybridized carbons (Fsp3) is 0.667. The Labute approximate surface area is 116 Å². The van der Waals surface area contributed by atoms with Crippen molar-refractivity contribution < 1.29 is 9.47 Å². The second-order valence-electron chi connectivity index (χ2n) is 4.68. The molecule has 1 aromatic rings. The predicted octanol–water partition coefficient (Wildman–Crippen LogP) is 2.95. The maximum Gasteiger partial charge on any atom is 0.142 e. The minimum absolute atomic E-state index is 0.0126. The molecule has 0 saturated heterocycles. The molecule has 0 aliphatic rings. The highest BCUT2D eigenvalue weighted by Crippen LogP contribution is 2.35. The lowest BCUT2D eigenvalue weighted by molar-refractivity contribution is -0.0574. The van der Waals surface area contributed by atoms with E-state index in [1.165, 1.54) is 0 Å². The predicted molar refractivity (Wildman–Crippen MR) is 77.5 cm³/mol. The number of methoxy groups -OCH3 is 1. The summed E-state index contributed by atoms with van der Waals surface area (Å²) in [5.41, 5.74) is 0.608. The first-order chi connectivity index (χ1) is 9.12. The standard InChI is InChI=1S/C15H26N2O2/c1-6-15(4,19-8-3)14(16-7-2)13-12(18-5)10-9-11-17-13/h9-11,14,16H,6-8H2,1-5H3. The van der Waals surface area contributed by atoms with E-state index < -0.39 is 0 Å². The summed E-state index contributed by atoms with van der Waals surface area (Å²) in [6.07, 6.45) is 2.70. The van der Waals surface area contributed by atoms with E-state index >= 15 is 0 Å². The molecule has 1 rings (SSSR count). The third kappa shape index (κ3) is 3.67. The summed E-state index contributed by atoms with van der Waals surface area (Å²) in [6.45, 7) is 9.90. The van der Waals surface area contributed by atoms with Gasteiger partial charge in [0.2, 0.25) is 0 Å². The zero-order valence-electron chi connectivity index (χ0n) is 12.7. The van der Waals surface area contributed by atoms with Crippen LogP contribution in [0.15, 0.2) is 18.3 Å². The van der Waals surface area contributed by atoms with Crippen LogP contribution in [-0.2, 0) is 4.74 Å².